The maximum Gasteiger partial charge on any atom is 0.248 e. The van der Waals surface area contributed by atoms with Gasteiger partial charge in [0.25, 0.3) is 0 Å². The molecule has 1 saturated heterocycles. The number of likely N-dealkylation sites (tertiary alicyclic amines) is 1. The number of hydrogen-bond donors (Lipinski definition) is 4. The summed E-state index contributed by atoms with van der Waals surface area (Å²) in [6, 6.07) is 25.3. The molecule has 232 valence electrons. The van der Waals surface area contributed by atoms with Crippen molar-refractivity contribution in [3.05, 3.63) is 108 Å². The van der Waals surface area contributed by atoms with E-state index in [0.29, 0.717) is 31.4 Å². The molecule has 1 heterocycles. The first-order valence-corrected chi connectivity index (χ1v) is 16.1. The smallest absolute Gasteiger partial charge is 0.248 e. The summed E-state index contributed by atoms with van der Waals surface area (Å²) >= 11 is 0. The molecular formula is C32H38N6O5S. The van der Waals surface area contributed by atoms with Crippen LogP contribution in [0, 0.1) is 0 Å². The minimum Gasteiger partial charge on any atom is -0.370 e. The first kappa shape index (κ1) is 32.4. The summed E-state index contributed by atoms with van der Waals surface area (Å²) in [5.41, 5.74) is 12.5. The Bertz CT molecular complexity index is 1510. The zero-order valence-electron chi connectivity index (χ0n) is 24.3. The van der Waals surface area contributed by atoms with E-state index < -0.39 is 39.8 Å². The van der Waals surface area contributed by atoms with Crippen LogP contribution in [-0.2, 0) is 30.2 Å². The fraction of sp³-hybridized carbons (Fsp3) is 0.312. The van der Waals surface area contributed by atoms with E-state index in [9.17, 15) is 22.8 Å². The van der Waals surface area contributed by atoms with Crippen LogP contribution in [0.4, 0.5) is 0 Å². The molecule has 11 nitrogen and oxygen atoms in total. The summed E-state index contributed by atoms with van der Waals surface area (Å²) in [7, 11) is -4.00. The van der Waals surface area contributed by atoms with Gasteiger partial charge in [0.2, 0.25) is 27.7 Å². The van der Waals surface area contributed by atoms with Crippen molar-refractivity contribution in [3.63, 3.8) is 0 Å². The molecule has 0 bridgehead atoms. The first-order chi connectivity index (χ1) is 21.1. The molecule has 1 aliphatic rings. The number of nitrogens with zero attached hydrogens (tertiary/aromatic N) is 2. The minimum absolute atomic E-state index is 0.0482. The molecule has 3 aromatic carbocycles. The van der Waals surface area contributed by atoms with Crippen LogP contribution in [0.2, 0.25) is 0 Å². The maximum absolute atomic E-state index is 14.4. The van der Waals surface area contributed by atoms with E-state index in [-0.39, 0.29) is 30.6 Å². The Kier molecular flexibility index (Phi) is 11.2. The normalized spacial score (nSPS) is 15.5. The molecule has 1 fully saturated rings. The number of amides is 3. The predicted molar refractivity (Wildman–Crippen MR) is 169 cm³/mol. The molecule has 0 aliphatic carbocycles. The number of hydrogen-bond acceptors (Lipinski definition) is 5. The molecule has 3 aromatic rings. The second-order valence-electron chi connectivity index (χ2n) is 10.7. The van der Waals surface area contributed by atoms with Gasteiger partial charge in [-0.2, -0.15) is 4.99 Å². The minimum atomic E-state index is -4.00. The van der Waals surface area contributed by atoms with Gasteiger partial charge in [0, 0.05) is 25.4 Å². The highest BCUT2D eigenvalue weighted by Gasteiger charge is 2.42. The number of aliphatic imine (C=N–C) groups is 1. The van der Waals surface area contributed by atoms with E-state index in [4.69, 9.17) is 11.5 Å². The lowest BCUT2D eigenvalue weighted by atomic mass is 9.84. The molecule has 0 radical (unpaired) electrons. The number of benzene rings is 3. The average molecular weight is 619 g/mol. The van der Waals surface area contributed by atoms with Gasteiger partial charge in [0.1, 0.15) is 12.1 Å². The van der Waals surface area contributed by atoms with Crippen molar-refractivity contribution in [2.24, 2.45) is 16.5 Å². The third-order valence-corrected chi connectivity index (χ3v) is 8.71. The molecule has 44 heavy (non-hydrogen) atoms. The van der Waals surface area contributed by atoms with Gasteiger partial charge in [0.05, 0.1) is 5.75 Å². The lowest BCUT2D eigenvalue weighted by Crippen LogP contribution is -2.55. The molecule has 2 atom stereocenters. The van der Waals surface area contributed by atoms with E-state index >= 15 is 0 Å². The van der Waals surface area contributed by atoms with E-state index in [2.05, 4.69) is 15.0 Å². The van der Waals surface area contributed by atoms with Gasteiger partial charge in [0.15, 0.2) is 5.96 Å². The molecule has 0 spiro atoms. The Morgan fingerprint density at radius 3 is 2.02 bits per heavy atom. The second kappa shape index (κ2) is 15.3. The van der Waals surface area contributed by atoms with Crippen molar-refractivity contribution < 1.29 is 22.8 Å². The van der Waals surface area contributed by atoms with Crippen LogP contribution in [0.15, 0.2) is 96.0 Å². The fourth-order valence-electron chi connectivity index (χ4n) is 5.44. The van der Waals surface area contributed by atoms with Gasteiger partial charge in [-0.15, -0.1) is 0 Å². The van der Waals surface area contributed by atoms with Gasteiger partial charge in [-0.3, -0.25) is 14.4 Å². The summed E-state index contributed by atoms with van der Waals surface area (Å²) in [5.74, 6) is -2.64. The molecule has 12 heteroatoms. The summed E-state index contributed by atoms with van der Waals surface area (Å²) in [6.07, 6.45) is 1.37. The van der Waals surface area contributed by atoms with Gasteiger partial charge in [-0.1, -0.05) is 91.0 Å². The molecule has 0 unspecified atom stereocenters. The van der Waals surface area contributed by atoms with Crippen LogP contribution < -0.4 is 21.5 Å². The van der Waals surface area contributed by atoms with Gasteiger partial charge in [-0.25, -0.2) is 13.1 Å². The molecule has 6 N–H and O–H groups in total. The summed E-state index contributed by atoms with van der Waals surface area (Å²) in [6.45, 7) is 0.486. The summed E-state index contributed by atoms with van der Waals surface area (Å²) in [5, 5.41) is 2.80. The van der Waals surface area contributed by atoms with Crippen molar-refractivity contribution in [2.75, 3.05) is 13.1 Å². The van der Waals surface area contributed by atoms with Gasteiger partial charge < -0.3 is 21.7 Å². The highest BCUT2D eigenvalue weighted by atomic mass is 32.2. The number of rotatable bonds is 13. The van der Waals surface area contributed by atoms with Crippen molar-refractivity contribution in [3.8, 4) is 0 Å². The van der Waals surface area contributed by atoms with Crippen LogP contribution in [0.25, 0.3) is 0 Å². The third kappa shape index (κ3) is 8.98. The fourth-order valence-corrected chi connectivity index (χ4v) is 6.78. The molecule has 1 aliphatic heterocycles. The first-order valence-electron chi connectivity index (χ1n) is 14.5. The van der Waals surface area contributed by atoms with E-state index in [1.807, 2.05) is 60.7 Å². The molecule has 0 saturated carbocycles. The van der Waals surface area contributed by atoms with E-state index in [0.717, 1.165) is 11.1 Å². The number of nitrogens with one attached hydrogen (secondary N) is 2. The third-order valence-electron chi connectivity index (χ3n) is 7.38. The number of nitrogens with two attached hydrogens (primary N) is 2. The lowest BCUT2D eigenvalue weighted by Gasteiger charge is -2.33. The van der Waals surface area contributed by atoms with E-state index in [1.165, 1.54) is 4.90 Å². The molecular weight excluding hydrogens is 580 g/mol. The molecule has 4 rings (SSSR count). The van der Waals surface area contributed by atoms with Crippen LogP contribution in [0.3, 0.4) is 0 Å². The second-order valence-corrected chi connectivity index (χ2v) is 12.4. The molecule has 0 aromatic heterocycles. The molecule has 3 amide bonds. The van der Waals surface area contributed by atoms with Gasteiger partial charge >= 0.3 is 0 Å². The summed E-state index contributed by atoms with van der Waals surface area (Å²) in [4.78, 5) is 44.3. The van der Waals surface area contributed by atoms with Crippen molar-refractivity contribution >= 4 is 33.7 Å². The Balaban J connectivity index is 1.61. The van der Waals surface area contributed by atoms with Crippen molar-refractivity contribution in [1.29, 1.82) is 0 Å². The largest absolute Gasteiger partial charge is 0.370 e. The van der Waals surface area contributed by atoms with Crippen LogP contribution >= 0.6 is 0 Å². The zero-order chi connectivity index (χ0) is 31.5. The average Bonchev–Trinajstić information content (AvgIpc) is 3.50. The van der Waals surface area contributed by atoms with Crippen LogP contribution in [0.1, 0.15) is 48.3 Å². The maximum atomic E-state index is 14.4. The number of sulfonamides is 1. The highest BCUT2D eigenvalue weighted by Crippen LogP contribution is 2.31. The number of guanidine groups is 1. The van der Waals surface area contributed by atoms with Crippen molar-refractivity contribution in [2.45, 2.75) is 49.4 Å². The predicted octanol–water partition coefficient (Wildman–Crippen LogP) is 1.99. The SMILES string of the molecule is NC(N)=NC(=O)CCCNC(=O)[C@@H]1CCCN1C(=O)[C@H](NS(=O)(=O)Cc1ccccc1)C(c1ccccc1)c1ccccc1. The Hall–Kier alpha value is -4.55. The van der Waals surface area contributed by atoms with Gasteiger partial charge in [-0.05, 0) is 36.0 Å². The standard InChI is InChI=1S/C32H38N6O5S/c33-32(34)36-27(39)19-10-20-35-30(40)26-18-11-21-38(26)31(41)29(37-44(42,43)22-23-12-4-1-5-13-23)28(24-14-6-2-7-15-24)25-16-8-3-9-17-25/h1-9,12-17,26,28-29,37H,10-11,18-22H2,(H,35,40)(H4,33,34,36,39)/t26-,29+/m0/s1. The monoisotopic (exact) mass is 618 g/mol. The highest BCUT2D eigenvalue weighted by molar-refractivity contribution is 7.88. The topological polar surface area (TPSA) is 177 Å². The quantitative estimate of drug-likeness (QED) is 0.129. The van der Waals surface area contributed by atoms with Crippen LogP contribution in [-0.4, -0.2) is 62.2 Å². The Morgan fingerprint density at radius 1 is 0.886 bits per heavy atom. The van der Waals surface area contributed by atoms with Crippen molar-refractivity contribution in [1.82, 2.24) is 14.9 Å². The van der Waals surface area contributed by atoms with E-state index in [1.54, 1.807) is 30.3 Å². The summed E-state index contributed by atoms with van der Waals surface area (Å²) < 4.78 is 29.9. The number of carbonyl (C=O) groups is 3. The Morgan fingerprint density at radius 2 is 1.45 bits per heavy atom. The van der Waals surface area contributed by atoms with Crippen LogP contribution in [0.5, 0.6) is 0 Å². The number of carbonyl (C=O) groups excluding carboxylic acids is 3. The Labute approximate surface area is 257 Å². The lowest BCUT2D eigenvalue weighted by molar-refractivity contribution is -0.140. The zero-order valence-corrected chi connectivity index (χ0v) is 25.2.